The van der Waals surface area contributed by atoms with Gasteiger partial charge in [0.25, 0.3) is 17.5 Å². The van der Waals surface area contributed by atoms with Crippen LogP contribution in [-0.4, -0.2) is 27.7 Å². The first-order valence-electron chi connectivity index (χ1n) is 8.40. The number of nitro groups is 1. The summed E-state index contributed by atoms with van der Waals surface area (Å²) in [5.74, 6) is -2.16. The van der Waals surface area contributed by atoms with Gasteiger partial charge in [-0.05, 0) is 35.9 Å². The Labute approximate surface area is 164 Å². The number of barbiturate groups is 1. The number of carbonyl (C=O) groups excluding carboxylic acids is 3. The van der Waals surface area contributed by atoms with Crippen LogP contribution in [0.1, 0.15) is 11.1 Å². The number of imide groups is 2. The van der Waals surface area contributed by atoms with Crippen LogP contribution in [0.3, 0.4) is 0 Å². The molecule has 0 aromatic heterocycles. The van der Waals surface area contributed by atoms with E-state index in [1.807, 2.05) is 0 Å². The van der Waals surface area contributed by atoms with Crippen LogP contribution in [-0.2, 0) is 16.1 Å². The number of nitrogens with one attached hydrogen (secondary N) is 1. The van der Waals surface area contributed by atoms with E-state index in [4.69, 9.17) is 0 Å². The predicted molar refractivity (Wildman–Crippen MR) is 101 cm³/mol. The summed E-state index contributed by atoms with van der Waals surface area (Å²) in [6, 6.07) is 10.3. The average molecular weight is 395 g/mol. The normalized spacial score (nSPS) is 15.8. The minimum atomic E-state index is -0.885. The number of nitro benzene ring substituents is 1. The Morgan fingerprint density at radius 3 is 2.45 bits per heavy atom. The zero-order valence-corrected chi connectivity index (χ0v) is 14.9. The van der Waals surface area contributed by atoms with Crippen LogP contribution in [0.4, 0.5) is 14.9 Å². The monoisotopic (exact) mass is 395 g/mol. The van der Waals surface area contributed by atoms with Crippen LogP contribution in [0.5, 0.6) is 0 Å². The van der Waals surface area contributed by atoms with E-state index < -0.39 is 28.6 Å². The maximum absolute atomic E-state index is 13.0. The molecule has 1 aliphatic rings. The maximum atomic E-state index is 13.0. The van der Waals surface area contributed by atoms with Crippen molar-refractivity contribution in [3.63, 3.8) is 0 Å². The van der Waals surface area contributed by atoms with Gasteiger partial charge in [0.15, 0.2) is 0 Å². The van der Waals surface area contributed by atoms with Gasteiger partial charge in [0.05, 0.1) is 17.0 Å². The van der Waals surface area contributed by atoms with Crippen molar-refractivity contribution in [2.75, 3.05) is 0 Å². The summed E-state index contributed by atoms with van der Waals surface area (Å²) >= 11 is 0. The van der Waals surface area contributed by atoms with Gasteiger partial charge < -0.3 is 0 Å². The summed E-state index contributed by atoms with van der Waals surface area (Å²) in [6.07, 6.45) is 3.88. The Kier molecular flexibility index (Phi) is 5.59. The van der Waals surface area contributed by atoms with E-state index in [1.54, 1.807) is 6.07 Å². The molecule has 2 aromatic rings. The zero-order chi connectivity index (χ0) is 21.0. The third kappa shape index (κ3) is 4.41. The third-order valence-electron chi connectivity index (χ3n) is 4.11. The smallest absolute Gasteiger partial charge is 0.273 e. The Morgan fingerprint density at radius 1 is 1.07 bits per heavy atom. The lowest BCUT2D eigenvalue weighted by Crippen LogP contribution is -2.53. The average Bonchev–Trinajstić information content (AvgIpc) is 2.69. The number of hydrogen-bond acceptors (Lipinski definition) is 5. The van der Waals surface area contributed by atoms with Gasteiger partial charge in [0, 0.05) is 6.07 Å². The molecule has 1 aliphatic heterocycles. The fourth-order valence-corrected chi connectivity index (χ4v) is 2.67. The van der Waals surface area contributed by atoms with Crippen LogP contribution < -0.4 is 5.32 Å². The molecule has 3 rings (SSSR count). The van der Waals surface area contributed by atoms with Crippen molar-refractivity contribution < 1.29 is 23.7 Å². The highest BCUT2D eigenvalue weighted by Crippen LogP contribution is 2.20. The van der Waals surface area contributed by atoms with E-state index >= 15 is 0 Å². The molecule has 9 heteroatoms. The van der Waals surface area contributed by atoms with Crippen LogP contribution in [0.15, 0.2) is 66.3 Å². The molecule has 0 unspecified atom stereocenters. The molecule has 8 nitrogen and oxygen atoms in total. The van der Waals surface area contributed by atoms with Gasteiger partial charge in [-0.1, -0.05) is 30.3 Å². The first-order chi connectivity index (χ1) is 13.9. The molecule has 1 heterocycles. The Bertz CT molecular complexity index is 1060. The molecule has 1 saturated heterocycles. The van der Waals surface area contributed by atoms with Crippen molar-refractivity contribution in [3.8, 4) is 0 Å². The molecule has 0 aliphatic carbocycles. The molecule has 0 spiro atoms. The Morgan fingerprint density at radius 2 is 1.76 bits per heavy atom. The molecule has 0 bridgehead atoms. The summed E-state index contributed by atoms with van der Waals surface area (Å²) in [7, 11) is 0. The van der Waals surface area contributed by atoms with Crippen LogP contribution >= 0.6 is 0 Å². The lowest BCUT2D eigenvalue weighted by atomic mass is 10.1. The summed E-state index contributed by atoms with van der Waals surface area (Å²) in [5.41, 5.74) is 0.354. The molecule has 29 heavy (non-hydrogen) atoms. The number of para-hydroxylation sites is 1. The largest absolute Gasteiger partial charge is 0.331 e. The number of halogens is 1. The predicted octanol–water partition coefficient (Wildman–Crippen LogP) is 2.95. The highest BCUT2D eigenvalue weighted by atomic mass is 19.1. The van der Waals surface area contributed by atoms with Crippen LogP contribution in [0, 0.1) is 15.9 Å². The number of hydrogen-bond donors (Lipinski definition) is 1. The minimum Gasteiger partial charge on any atom is -0.273 e. The molecule has 2 aromatic carbocycles. The zero-order valence-electron chi connectivity index (χ0n) is 14.9. The number of rotatable bonds is 5. The van der Waals surface area contributed by atoms with Crippen LogP contribution in [0.25, 0.3) is 6.08 Å². The molecule has 0 radical (unpaired) electrons. The molecule has 146 valence electrons. The molecule has 0 atom stereocenters. The van der Waals surface area contributed by atoms with Gasteiger partial charge in [-0.15, -0.1) is 0 Å². The van der Waals surface area contributed by atoms with Crippen molar-refractivity contribution in [1.29, 1.82) is 0 Å². The number of amides is 4. The fraction of sp³-hybridized carbons (Fsp3) is 0.0500. The first-order valence-corrected chi connectivity index (χ1v) is 8.40. The Balaban J connectivity index is 1.83. The number of benzene rings is 2. The van der Waals surface area contributed by atoms with E-state index in [0.717, 1.165) is 4.90 Å². The highest BCUT2D eigenvalue weighted by molar-refractivity contribution is 6.28. The van der Waals surface area contributed by atoms with Gasteiger partial charge in [0.2, 0.25) is 0 Å². The lowest BCUT2D eigenvalue weighted by Gasteiger charge is -2.26. The van der Waals surface area contributed by atoms with E-state index in [1.165, 1.54) is 60.7 Å². The van der Waals surface area contributed by atoms with E-state index in [0.29, 0.717) is 5.56 Å². The summed E-state index contributed by atoms with van der Waals surface area (Å²) in [4.78, 5) is 48.0. The molecule has 4 amide bonds. The van der Waals surface area contributed by atoms with Crippen molar-refractivity contribution in [3.05, 3.63) is 93.3 Å². The van der Waals surface area contributed by atoms with Gasteiger partial charge >= 0.3 is 6.03 Å². The molecular weight excluding hydrogens is 381 g/mol. The minimum absolute atomic E-state index is 0.130. The SMILES string of the molecule is O=C1NC(=O)N(Cc2ccc(F)cc2)C(=O)/C1=C\C=C\c1ccccc1[N+](=O)[O-]. The lowest BCUT2D eigenvalue weighted by molar-refractivity contribution is -0.385. The van der Waals surface area contributed by atoms with Crippen LogP contribution in [0.2, 0.25) is 0 Å². The number of allylic oxidation sites excluding steroid dienone is 2. The van der Waals surface area contributed by atoms with Gasteiger partial charge in [-0.25, -0.2) is 9.18 Å². The van der Waals surface area contributed by atoms with Crippen molar-refractivity contribution in [2.45, 2.75) is 6.54 Å². The fourth-order valence-electron chi connectivity index (χ4n) is 2.67. The van der Waals surface area contributed by atoms with Gasteiger partial charge in [-0.2, -0.15) is 0 Å². The maximum Gasteiger partial charge on any atom is 0.331 e. The number of nitrogens with zero attached hydrogens (tertiary/aromatic N) is 2. The quantitative estimate of drug-likeness (QED) is 0.362. The standard InChI is InChI=1S/C20H14FN3O5/c21-15-10-8-13(9-11-15)12-23-19(26)16(18(25)22-20(23)27)6-3-5-14-4-1-2-7-17(14)24(28)29/h1-11H,12H2,(H,22,25,27)/b5-3+,16-6-. The van der Waals surface area contributed by atoms with E-state index in [-0.39, 0.29) is 23.4 Å². The topological polar surface area (TPSA) is 110 Å². The number of urea groups is 1. The summed E-state index contributed by atoms with van der Waals surface area (Å²) in [5, 5.41) is 13.1. The Hall–Kier alpha value is -4.14. The number of carbonyl (C=O) groups is 3. The summed E-state index contributed by atoms with van der Waals surface area (Å²) < 4.78 is 13.0. The van der Waals surface area contributed by atoms with Crippen molar-refractivity contribution >= 4 is 29.6 Å². The summed E-state index contributed by atoms with van der Waals surface area (Å²) in [6.45, 7) is -0.149. The van der Waals surface area contributed by atoms with Gasteiger partial charge in [0.1, 0.15) is 11.4 Å². The molecular formula is C20H14FN3O5. The molecule has 0 saturated carbocycles. The van der Waals surface area contributed by atoms with E-state index in [9.17, 15) is 28.9 Å². The third-order valence-corrected chi connectivity index (χ3v) is 4.11. The van der Waals surface area contributed by atoms with E-state index in [2.05, 4.69) is 5.32 Å². The first kappa shape index (κ1) is 19.6. The van der Waals surface area contributed by atoms with Crippen molar-refractivity contribution in [1.82, 2.24) is 10.2 Å². The van der Waals surface area contributed by atoms with Crippen molar-refractivity contribution in [2.24, 2.45) is 0 Å². The molecule has 1 N–H and O–H groups in total. The highest BCUT2D eigenvalue weighted by Gasteiger charge is 2.35. The second-order valence-corrected chi connectivity index (χ2v) is 6.03. The second-order valence-electron chi connectivity index (χ2n) is 6.03. The van der Waals surface area contributed by atoms with Gasteiger partial charge in [-0.3, -0.25) is 29.9 Å². The second kappa shape index (κ2) is 8.26. The molecule has 1 fully saturated rings.